The molecule has 0 unspecified atom stereocenters. The summed E-state index contributed by atoms with van der Waals surface area (Å²) in [5, 5.41) is 0. The number of hydrogen-bond acceptors (Lipinski definition) is 4. The number of nitrogens with zero attached hydrogens (tertiary/aromatic N) is 2. The lowest BCUT2D eigenvalue weighted by atomic mass is 10.2. The van der Waals surface area contributed by atoms with Crippen molar-refractivity contribution in [2.24, 2.45) is 0 Å². The summed E-state index contributed by atoms with van der Waals surface area (Å²) >= 11 is 0. The van der Waals surface area contributed by atoms with Gasteiger partial charge in [-0.1, -0.05) is 6.42 Å². The Morgan fingerprint density at radius 1 is 0.826 bits per heavy atom. The van der Waals surface area contributed by atoms with Crippen molar-refractivity contribution < 1.29 is 16.8 Å². The Bertz CT molecular complexity index is 751. The molecule has 2 fully saturated rings. The van der Waals surface area contributed by atoms with Crippen molar-refractivity contribution in [3.63, 3.8) is 0 Å². The molecule has 6 nitrogen and oxygen atoms in total. The number of piperidine rings is 1. The molecule has 0 bridgehead atoms. The Kier molecular flexibility index (Phi) is 4.66. The van der Waals surface area contributed by atoms with Crippen molar-refractivity contribution in [2.45, 2.75) is 37.0 Å². The van der Waals surface area contributed by atoms with E-state index in [4.69, 9.17) is 0 Å². The molecular weight excluding hydrogens is 336 g/mol. The standard InChI is InChI=1S/C15H22N2O4S2/c18-22(19)13-5-4-12-17(22)14-6-8-15(9-7-14)23(20,21)16-10-2-1-3-11-16/h6-9H,1-5,10-13H2. The maximum absolute atomic E-state index is 12.6. The third-order valence-electron chi connectivity index (χ3n) is 4.43. The third-order valence-corrected chi connectivity index (χ3v) is 8.21. The summed E-state index contributed by atoms with van der Waals surface area (Å²) in [6.45, 7) is 1.58. The lowest BCUT2D eigenvalue weighted by molar-refractivity contribution is 0.346. The molecule has 0 N–H and O–H groups in total. The molecule has 0 saturated carbocycles. The van der Waals surface area contributed by atoms with Crippen LogP contribution in [0.4, 0.5) is 5.69 Å². The molecule has 2 heterocycles. The Labute approximate surface area is 138 Å². The molecule has 1 aromatic rings. The SMILES string of the molecule is O=S1(=O)CCCCN1c1ccc(S(=O)(=O)N2CCCCC2)cc1. The fraction of sp³-hybridized carbons (Fsp3) is 0.600. The Morgan fingerprint density at radius 2 is 1.43 bits per heavy atom. The average Bonchev–Trinajstić information content (AvgIpc) is 2.55. The van der Waals surface area contributed by atoms with Crippen LogP contribution in [0.3, 0.4) is 0 Å². The van der Waals surface area contributed by atoms with E-state index in [1.165, 1.54) is 20.7 Å². The normalized spacial score (nSPS) is 22.9. The number of sulfonamides is 2. The molecular formula is C15H22N2O4S2. The molecule has 0 amide bonds. The number of rotatable bonds is 3. The zero-order chi connectivity index (χ0) is 16.5. The molecule has 2 aliphatic rings. The topological polar surface area (TPSA) is 74.8 Å². The van der Waals surface area contributed by atoms with E-state index in [2.05, 4.69) is 0 Å². The van der Waals surface area contributed by atoms with Crippen LogP contribution in [0, 0.1) is 0 Å². The Hall–Kier alpha value is -1.12. The Balaban J connectivity index is 1.84. The first kappa shape index (κ1) is 16.7. The summed E-state index contributed by atoms with van der Waals surface area (Å²) < 4.78 is 52.3. The lowest BCUT2D eigenvalue weighted by Crippen LogP contribution is -2.38. The van der Waals surface area contributed by atoms with E-state index in [9.17, 15) is 16.8 Å². The van der Waals surface area contributed by atoms with Gasteiger partial charge in [-0.3, -0.25) is 4.31 Å². The highest BCUT2D eigenvalue weighted by atomic mass is 32.2. The van der Waals surface area contributed by atoms with Crippen LogP contribution in [-0.2, 0) is 20.0 Å². The van der Waals surface area contributed by atoms with Crippen molar-refractivity contribution in [2.75, 3.05) is 29.7 Å². The second-order valence-electron chi connectivity index (χ2n) is 6.05. The minimum absolute atomic E-state index is 0.154. The van der Waals surface area contributed by atoms with Crippen LogP contribution in [0.15, 0.2) is 29.2 Å². The largest absolute Gasteiger partial charge is 0.270 e. The van der Waals surface area contributed by atoms with Crippen LogP contribution >= 0.6 is 0 Å². The van der Waals surface area contributed by atoms with Crippen LogP contribution in [0.5, 0.6) is 0 Å². The zero-order valence-electron chi connectivity index (χ0n) is 13.0. The molecule has 8 heteroatoms. The maximum Gasteiger partial charge on any atom is 0.243 e. The van der Waals surface area contributed by atoms with E-state index in [0.717, 1.165) is 25.7 Å². The van der Waals surface area contributed by atoms with E-state index < -0.39 is 20.0 Å². The third kappa shape index (κ3) is 3.39. The van der Waals surface area contributed by atoms with Gasteiger partial charge < -0.3 is 0 Å². The van der Waals surface area contributed by atoms with E-state index in [0.29, 0.717) is 31.7 Å². The van der Waals surface area contributed by atoms with Gasteiger partial charge >= 0.3 is 0 Å². The summed E-state index contributed by atoms with van der Waals surface area (Å²) in [6, 6.07) is 6.23. The monoisotopic (exact) mass is 358 g/mol. The van der Waals surface area contributed by atoms with Crippen molar-refractivity contribution >= 4 is 25.7 Å². The van der Waals surface area contributed by atoms with Gasteiger partial charge in [0, 0.05) is 19.6 Å². The minimum atomic E-state index is -3.47. The van der Waals surface area contributed by atoms with Crippen LogP contribution < -0.4 is 4.31 Å². The number of benzene rings is 1. The summed E-state index contributed by atoms with van der Waals surface area (Å²) in [5.41, 5.74) is 0.544. The van der Waals surface area contributed by atoms with E-state index in [-0.39, 0.29) is 10.6 Å². The summed E-state index contributed by atoms with van der Waals surface area (Å²) in [7, 11) is -6.74. The molecule has 0 aliphatic carbocycles. The maximum atomic E-state index is 12.6. The molecule has 3 rings (SSSR count). The molecule has 23 heavy (non-hydrogen) atoms. The summed E-state index contributed by atoms with van der Waals surface area (Å²) in [5.74, 6) is 0.154. The molecule has 0 atom stereocenters. The van der Waals surface area contributed by atoms with Gasteiger partial charge in [0.05, 0.1) is 16.3 Å². The predicted molar refractivity (Wildman–Crippen MR) is 89.4 cm³/mol. The second-order valence-corrected chi connectivity index (χ2v) is 10.0. The number of hydrogen-bond donors (Lipinski definition) is 0. The Morgan fingerprint density at radius 3 is 2.04 bits per heavy atom. The van der Waals surface area contributed by atoms with Gasteiger partial charge in [0.1, 0.15) is 0 Å². The first-order valence-corrected chi connectivity index (χ1v) is 11.1. The average molecular weight is 358 g/mol. The predicted octanol–water partition coefficient (Wildman–Crippen LogP) is 1.79. The van der Waals surface area contributed by atoms with Gasteiger partial charge in [-0.2, -0.15) is 4.31 Å². The van der Waals surface area contributed by atoms with E-state index in [1.807, 2.05) is 0 Å². The van der Waals surface area contributed by atoms with Crippen LogP contribution in [0.2, 0.25) is 0 Å². The fourth-order valence-corrected chi connectivity index (χ4v) is 6.27. The summed E-state index contributed by atoms with van der Waals surface area (Å²) in [6.07, 6.45) is 4.36. The first-order chi connectivity index (χ1) is 10.9. The van der Waals surface area contributed by atoms with Gasteiger partial charge in [0.2, 0.25) is 20.0 Å². The molecule has 128 valence electrons. The quantitative estimate of drug-likeness (QED) is 0.826. The second kappa shape index (κ2) is 6.41. The van der Waals surface area contributed by atoms with E-state index >= 15 is 0 Å². The minimum Gasteiger partial charge on any atom is -0.270 e. The van der Waals surface area contributed by atoms with Gasteiger partial charge in [-0.05, 0) is 49.9 Å². The van der Waals surface area contributed by atoms with E-state index in [1.54, 1.807) is 12.1 Å². The highest BCUT2D eigenvalue weighted by molar-refractivity contribution is 7.92. The smallest absolute Gasteiger partial charge is 0.243 e. The molecule has 0 radical (unpaired) electrons. The van der Waals surface area contributed by atoms with Crippen molar-refractivity contribution in [1.29, 1.82) is 0 Å². The fourth-order valence-electron chi connectivity index (χ4n) is 3.12. The summed E-state index contributed by atoms with van der Waals surface area (Å²) in [4.78, 5) is 0.234. The number of anilines is 1. The van der Waals surface area contributed by atoms with Crippen molar-refractivity contribution in [3.05, 3.63) is 24.3 Å². The van der Waals surface area contributed by atoms with Crippen LogP contribution in [0.25, 0.3) is 0 Å². The molecule has 2 aliphatic heterocycles. The van der Waals surface area contributed by atoms with Gasteiger partial charge in [-0.15, -0.1) is 0 Å². The van der Waals surface area contributed by atoms with Crippen molar-refractivity contribution in [3.8, 4) is 0 Å². The van der Waals surface area contributed by atoms with Gasteiger partial charge in [0.25, 0.3) is 0 Å². The first-order valence-electron chi connectivity index (χ1n) is 8.02. The highest BCUT2D eigenvalue weighted by Crippen LogP contribution is 2.26. The van der Waals surface area contributed by atoms with Gasteiger partial charge in [0.15, 0.2) is 0 Å². The molecule has 0 aromatic heterocycles. The molecule has 2 saturated heterocycles. The molecule has 1 aromatic carbocycles. The highest BCUT2D eigenvalue weighted by Gasteiger charge is 2.28. The van der Waals surface area contributed by atoms with Crippen LogP contribution in [0.1, 0.15) is 32.1 Å². The lowest BCUT2D eigenvalue weighted by Gasteiger charge is -2.29. The van der Waals surface area contributed by atoms with Gasteiger partial charge in [-0.25, -0.2) is 16.8 Å². The van der Waals surface area contributed by atoms with Crippen LogP contribution in [-0.4, -0.2) is 46.5 Å². The van der Waals surface area contributed by atoms with Crippen molar-refractivity contribution in [1.82, 2.24) is 4.31 Å². The zero-order valence-corrected chi connectivity index (χ0v) is 14.7. The molecule has 0 spiro atoms.